The van der Waals surface area contributed by atoms with Crippen LogP contribution in [0.15, 0.2) is 61.1 Å². The molecule has 1 fully saturated rings. The average Bonchev–Trinajstić information content (AvgIpc) is 3.44. The average molecular weight is 430 g/mol. The molecule has 0 bridgehead atoms. The Bertz CT molecular complexity index is 1260. The van der Waals surface area contributed by atoms with Crippen molar-refractivity contribution in [2.24, 2.45) is 0 Å². The summed E-state index contributed by atoms with van der Waals surface area (Å²) in [5, 5.41) is 9.59. The molecular formula is C23H22N6O3. The lowest BCUT2D eigenvalue weighted by Gasteiger charge is -2.20. The van der Waals surface area contributed by atoms with Gasteiger partial charge in [-0.3, -0.25) is 9.30 Å². The van der Waals surface area contributed by atoms with E-state index in [-0.39, 0.29) is 6.04 Å². The second-order valence-corrected chi connectivity index (χ2v) is 7.64. The number of nitrogens with zero attached hydrogens (tertiary/aromatic N) is 5. The van der Waals surface area contributed by atoms with Gasteiger partial charge in [0, 0.05) is 36.8 Å². The molecule has 1 atom stereocenters. The molecule has 4 heterocycles. The number of imidazole rings is 1. The Labute approximate surface area is 184 Å². The molecule has 1 aromatic carbocycles. The van der Waals surface area contributed by atoms with E-state index in [1.165, 1.54) is 4.90 Å². The number of anilines is 1. The van der Waals surface area contributed by atoms with Gasteiger partial charge in [-0.2, -0.15) is 0 Å². The highest BCUT2D eigenvalue weighted by molar-refractivity contribution is 5.85. The van der Waals surface area contributed by atoms with E-state index in [1.54, 1.807) is 24.7 Å². The van der Waals surface area contributed by atoms with Crippen LogP contribution in [0.4, 0.5) is 10.6 Å². The molecule has 162 valence electrons. The number of pyridine rings is 1. The zero-order valence-corrected chi connectivity index (χ0v) is 17.3. The number of carboxylic acid groups (broad SMARTS) is 1. The van der Waals surface area contributed by atoms with Crippen LogP contribution < -0.4 is 10.5 Å². The summed E-state index contributed by atoms with van der Waals surface area (Å²) >= 11 is 0. The Balaban J connectivity index is 1.48. The topological polar surface area (TPSA) is 119 Å². The molecule has 0 aliphatic carbocycles. The van der Waals surface area contributed by atoms with Crippen LogP contribution in [0.2, 0.25) is 0 Å². The number of likely N-dealkylation sites (tertiary alicyclic amines) is 1. The Kier molecular flexibility index (Phi) is 5.06. The maximum Gasteiger partial charge on any atom is 0.407 e. The van der Waals surface area contributed by atoms with Crippen molar-refractivity contribution in [3.05, 3.63) is 72.4 Å². The first-order valence-corrected chi connectivity index (χ1v) is 10.4. The van der Waals surface area contributed by atoms with Gasteiger partial charge in [0.1, 0.15) is 29.5 Å². The van der Waals surface area contributed by atoms with Crippen molar-refractivity contribution in [1.82, 2.24) is 24.3 Å². The van der Waals surface area contributed by atoms with Gasteiger partial charge in [0.05, 0.1) is 6.04 Å². The van der Waals surface area contributed by atoms with Gasteiger partial charge in [-0.1, -0.05) is 30.3 Å². The second-order valence-electron chi connectivity index (χ2n) is 7.64. The summed E-state index contributed by atoms with van der Waals surface area (Å²) in [6, 6.07) is 13.2. The maximum absolute atomic E-state index is 11.7. The highest BCUT2D eigenvalue weighted by atomic mass is 16.5. The van der Waals surface area contributed by atoms with Gasteiger partial charge < -0.3 is 15.6 Å². The van der Waals surface area contributed by atoms with E-state index < -0.39 is 6.09 Å². The van der Waals surface area contributed by atoms with Gasteiger partial charge in [0.15, 0.2) is 0 Å². The minimum Gasteiger partial charge on any atom is -0.473 e. The van der Waals surface area contributed by atoms with E-state index in [4.69, 9.17) is 15.5 Å². The van der Waals surface area contributed by atoms with Crippen molar-refractivity contribution in [2.45, 2.75) is 25.5 Å². The molecule has 9 heteroatoms. The highest BCUT2D eigenvalue weighted by Gasteiger charge is 2.34. The number of nitrogen functional groups attached to an aromatic ring is 1. The fraction of sp³-hybridized carbons (Fsp3) is 0.217. The molecule has 1 aliphatic rings. The van der Waals surface area contributed by atoms with Crippen molar-refractivity contribution in [3.8, 4) is 17.1 Å². The first kappa shape index (κ1) is 19.8. The van der Waals surface area contributed by atoms with Crippen LogP contribution in [-0.4, -0.2) is 42.0 Å². The fourth-order valence-electron chi connectivity index (χ4n) is 4.12. The number of hydrogen-bond acceptors (Lipinski definition) is 6. The van der Waals surface area contributed by atoms with Gasteiger partial charge >= 0.3 is 6.09 Å². The molecule has 0 saturated carbocycles. The van der Waals surface area contributed by atoms with Crippen LogP contribution in [0.25, 0.3) is 16.8 Å². The van der Waals surface area contributed by atoms with Crippen molar-refractivity contribution in [3.63, 3.8) is 0 Å². The maximum atomic E-state index is 11.7. The predicted octanol–water partition coefficient (Wildman–Crippen LogP) is 3.77. The molecule has 9 nitrogen and oxygen atoms in total. The smallest absolute Gasteiger partial charge is 0.407 e. The predicted molar refractivity (Wildman–Crippen MR) is 118 cm³/mol. The monoisotopic (exact) mass is 430 g/mol. The van der Waals surface area contributed by atoms with Gasteiger partial charge in [0.2, 0.25) is 5.88 Å². The molecule has 3 aromatic heterocycles. The molecule has 4 aromatic rings. The van der Waals surface area contributed by atoms with E-state index in [1.807, 2.05) is 40.8 Å². The highest BCUT2D eigenvalue weighted by Crippen LogP contribution is 2.36. The lowest BCUT2D eigenvalue weighted by atomic mass is 10.2. The first-order chi connectivity index (χ1) is 15.6. The van der Waals surface area contributed by atoms with Crippen molar-refractivity contribution < 1.29 is 14.6 Å². The summed E-state index contributed by atoms with van der Waals surface area (Å²) in [6.07, 6.45) is 5.59. The first-order valence-electron chi connectivity index (χ1n) is 10.4. The minimum atomic E-state index is -0.950. The van der Waals surface area contributed by atoms with Crippen LogP contribution in [-0.2, 0) is 6.61 Å². The lowest BCUT2D eigenvalue weighted by Crippen LogP contribution is -2.29. The van der Waals surface area contributed by atoms with Gasteiger partial charge in [-0.25, -0.2) is 19.7 Å². The van der Waals surface area contributed by atoms with Crippen LogP contribution in [0.3, 0.4) is 0 Å². The van der Waals surface area contributed by atoms with Crippen LogP contribution in [0, 0.1) is 0 Å². The number of amides is 1. The van der Waals surface area contributed by atoms with Crippen LogP contribution in [0.5, 0.6) is 5.88 Å². The summed E-state index contributed by atoms with van der Waals surface area (Å²) in [7, 11) is 0. The Hall–Kier alpha value is -4.14. The third-order valence-corrected chi connectivity index (χ3v) is 5.65. The lowest BCUT2D eigenvalue weighted by molar-refractivity contribution is 0.138. The van der Waals surface area contributed by atoms with Crippen LogP contribution in [0.1, 0.15) is 30.3 Å². The second kappa shape index (κ2) is 8.18. The molecule has 1 aliphatic heterocycles. The molecule has 0 spiro atoms. The number of nitrogens with two attached hydrogens (primary N) is 1. The summed E-state index contributed by atoms with van der Waals surface area (Å²) in [6.45, 7) is 0.911. The quantitative estimate of drug-likeness (QED) is 0.495. The zero-order valence-electron chi connectivity index (χ0n) is 17.3. The number of rotatable bonds is 5. The van der Waals surface area contributed by atoms with E-state index in [0.717, 1.165) is 17.5 Å². The number of benzene rings is 1. The largest absolute Gasteiger partial charge is 0.473 e. The third-order valence-electron chi connectivity index (χ3n) is 5.65. The summed E-state index contributed by atoms with van der Waals surface area (Å²) in [5.41, 5.74) is 9.26. The van der Waals surface area contributed by atoms with E-state index in [2.05, 4.69) is 9.97 Å². The molecule has 3 N–H and O–H groups in total. The Morgan fingerprint density at radius 1 is 1.19 bits per heavy atom. The van der Waals surface area contributed by atoms with Gasteiger partial charge in [0.25, 0.3) is 0 Å². The standard InChI is InChI=1S/C23H22N6O3/c24-21-20-19(16-8-9-18(26-13-16)32-14-15-5-2-1-3-6-15)27-22(29(20)12-10-25-21)17-7-4-11-28(17)23(30)31/h1-3,5-6,8-10,12-13,17H,4,7,11,14H2,(H2,24,25)(H,30,31). The van der Waals surface area contributed by atoms with Crippen molar-refractivity contribution in [2.75, 3.05) is 12.3 Å². The molecular weight excluding hydrogens is 408 g/mol. The summed E-state index contributed by atoms with van der Waals surface area (Å²) < 4.78 is 7.61. The van der Waals surface area contributed by atoms with E-state index in [0.29, 0.717) is 48.3 Å². The van der Waals surface area contributed by atoms with Crippen molar-refractivity contribution in [1.29, 1.82) is 0 Å². The molecule has 1 unspecified atom stereocenters. The SMILES string of the molecule is Nc1nccn2c(C3CCCN3C(=O)O)nc(-c3ccc(OCc4ccccc4)nc3)c12. The minimum absolute atomic E-state index is 0.325. The molecule has 1 saturated heterocycles. The Morgan fingerprint density at radius 3 is 2.78 bits per heavy atom. The number of aromatic nitrogens is 4. The summed E-state index contributed by atoms with van der Waals surface area (Å²) in [5.74, 6) is 1.46. The van der Waals surface area contributed by atoms with Gasteiger partial charge in [-0.05, 0) is 24.5 Å². The normalized spacial score (nSPS) is 15.9. The number of fused-ring (bicyclic) bond motifs is 1. The molecule has 32 heavy (non-hydrogen) atoms. The Morgan fingerprint density at radius 2 is 2.03 bits per heavy atom. The van der Waals surface area contributed by atoms with Gasteiger partial charge in [-0.15, -0.1) is 0 Å². The van der Waals surface area contributed by atoms with Crippen LogP contribution >= 0.6 is 0 Å². The fourth-order valence-corrected chi connectivity index (χ4v) is 4.12. The number of carbonyl (C=O) groups is 1. The third kappa shape index (κ3) is 3.58. The van der Waals surface area contributed by atoms with E-state index in [9.17, 15) is 9.90 Å². The van der Waals surface area contributed by atoms with E-state index >= 15 is 0 Å². The number of ether oxygens (including phenoxy) is 1. The molecule has 0 radical (unpaired) electrons. The van der Waals surface area contributed by atoms with Crippen molar-refractivity contribution >= 4 is 17.4 Å². The summed E-state index contributed by atoms with van der Waals surface area (Å²) in [4.78, 5) is 26.6. The zero-order chi connectivity index (χ0) is 22.1. The molecule has 5 rings (SSSR count). The molecule has 1 amide bonds. The number of hydrogen-bond donors (Lipinski definition) is 2.